The number of rotatable bonds is 6. The lowest BCUT2D eigenvalue weighted by Gasteiger charge is -2.14. The Bertz CT molecular complexity index is 1070. The molecule has 3 rings (SSSR count). The lowest BCUT2D eigenvalue weighted by atomic mass is 10.2. The lowest BCUT2D eigenvalue weighted by Crippen LogP contribution is -2.21. The fourth-order valence-corrected chi connectivity index (χ4v) is 4.04. The zero-order valence-corrected chi connectivity index (χ0v) is 14.7. The van der Waals surface area contributed by atoms with Crippen LogP contribution in [0.25, 0.3) is 20.2 Å². The van der Waals surface area contributed by atoms with Gasteiger partial charge in [0.05, 0.1) is 16.2 Å². The molecule has 0 spiro atoms. The largest absolute Gasteiger partial charge is 0.748 e. The zero-order chi connectivity index (χ0) is 18.0. The van der Waals surface area contributed by atoms with Gasteiger partial charge in [0.15, 0.2) is 5.43 Å². The number of aliphatic hydroxyl groups excluding tert-OH is 1. The van der Waals surface area contributed by atoms with Crippen LogP contribution in [0.5, 0.6) is 5.75 Å². The maximum Gasteiger partial charge on any atom is 0.196 e. The van der Waals surface area contributed by atoms with E-state index in [1.54, 1.807) is 24.3 Å². The molecule has 0 fully saturated rings. The van der Waals surface area contributed by atoms with Crippen LogP contribution in [-0.2, 0) is 10.1 Å². The Morgan fingerprint density at radius 3 is 2.60 bits per heavy atom. The fraction of sp³-hybridized carbons (Fsp3) is 0.235. The van der Waals surface area contributed by atoms with Gasteiger partial charge in [-0.25, -0.2) is 8.42 Å². The molecule has 1 unspecified atom stereocenters. The molecular weight excluding hydrogens is 364 g/mol. The van der Waals surface area contributed by atoms with Crippen LogP contribution in [0.15, 0.2) is 47.3 Å². The number of ether oxygens (including phenoxy) is 1. The van der Waals surface area contributed by atoms with Crippen molar-refractivity contribution in [2.45, 2.75) is 12.5 Å². The van der Waals surface area contributed by atoms with Crippen molar-refractivity contribution in [2.75, 3.05) is 12.4 Å². The number of hydrogen-bond donors (Lipinski definition) is 1. The smallest absolute Gasteiger partial charge is 0.196 e. The zero-order valence-electron chi connectivity index (χ0n) is 13.0. The van der Waals surface area contributed by atoms with Crippen LogP contribution >= 0.6 is 11.3 Å². The van der Waals surface area contributed by atoms with Gasteiger partial charge >= 0.3 is 0 Å². The van der Waals surface area contributed by atoms with Gasteiger partial charge in [0.2, 0.25) is 0 Å². The van der Waals surface area contributed by atoms with E-state index in [0.717, 1.165) is 9.40 Å². The van der Waals surface area contributed by atoms with E-state index in [2.05, 4.69) is 0 Å². The van der Waals surface area contributed by atoms with Crippen LogP contribution in [0.1, 0.15) is 6.42 Å². The standard InChI is InChI=1S/C17H16O6S2/c18-11(7-8-25(20,21)22)10-23-12-5-6-16-14(9-12)17(19)13-3-1-2-4-15(13)24-16/h1-6,9,11,18H,7-8,10H2,(H,20,21,22)/p-1. The summed E-state index contributed by atoms with van der Waals surface area (Å²) in [5, 5.41) is 10.9. The maximum absolute atomic E-state index is 12.6. The van der Waals surface area contributed by atoms with E-state index >= 15 is 0 Å². The Kier molecular flexibility index (Phi) is 5.05. The summed E-state index contributed by atoms with van der Waals surface area (Å²) < 4.78 is 38.8. The highest BCUT2D eigenvalue weighted by Gasteiger charge is 2.10. The fourth-order valence-electron chi connectivity index (χ4n) is 2.43. The molecule has 2 aromatic carbocycles. The summed E-state index contributed by atoms with van der Waals surface area (Å²) in [5.41, 5.74) is -0.0900. The van der Waals surface area contributed by atoms with Gasteiger partial charge in [0.25, 0.3) is 0 Å². The van der Waals surface area contributed by atoms with Gasteiger partial charge in [-0.05, 0) is 36.8 Å². The Morgan fingerprint density at radius 1 is 1.12 bits per heavy atom. The summed E-state index contributed by atoms with van der Waals surface area (Å²) in [4.78, 5) is 12.6. The van der Waals surface area contributed by atoms with E-state index in [1.165, 1.54) is 11.3 Å². The van der Waals surface area contributed by atoms with Gasteiger partial charge in [0.1, 0.15) is 12.4 Å². The first-order valence-corrected chi connectivity index (χ1v) is 9.93. The van der Waals surface area contributed by atoms with Gasteiger partial charge < -0.3 is 14.4 Å². The third-order valence-corrected chi connectivity index (χ3v) is 5.58. The van der Waals surface area contributed by atoms with Crippen LogP contribution in [0.4, 0.5) is 0 Å². The monoisotopic (exact) mass is 379 g/mol. The summed E-state index contributed by atoms with van der Waals surface area (Å²) in [6, 6.07) is 12.4. The second-order valence-electron chi connectivity index (χ2n) is 5.60. The number of fused-ring (bicyclic) bond motifs is 2. The topological polar surface area (TPSA) is 104 Å². The molecule has 8 heteroatoms. The van der Waals surface area contributed by atoms with Gasteiger partial charge in [-0.1, -0.05) is 12.1 Å². The predicted molar refractivity (Wildman–Crippen MR) is 96.3 cm³/mol. The molecule has 6 nitrogen and oxygen atoms in total. The lowest BCUT2D eigenvalue weighted by molar-refractivity contribution is 0.104. The third-order valence-electron chi connectivity index (χ3n) is 3.69. The highest BCUT2D eigenvalue weighted by molar-refractivity contribution is 7.85. The van der Waals surface area contributed by atoms with Crippen LogP contribution in [0.2, 0.25) is 0 Å². The average molecular weight is 379 g/mol. The molecule has 1 atom stereocenters. The number of benzene rings is 2. The van der Waals surface area contributed by atoms with Crippen molar-refractivity contribution in [3.63, 3.8) is 0 Å². The Morgan fingerprint density at radius 2 is 1.84 bits per heavy atom. The summed E-state index contributed by atoms with van der Waals surface area (Å²) in [7, 11) is -4.36. The molecule has 0 amide bonds. The van der Waals surface area contributed by atoms with Crippen molar-refractivity contribution in [1.82, 2.24) is 0 Å². The van der Waals surface area contributed by atoms with Crippen molar-refractivity contribution in [3.05, 3.63) is 52.7 Å². The summed E-state index contributed by atoms with van der Waals surface area (Å²) in [6.07, 6.45) is -1.27. The van der Waals surface area contributed by atoms with Crippen molar-refractivity contribution >= 4 is 41.6 Å². The molecule has 0 aliphatic heterocycles. The molecular formula is C17H15O6S2-. The molecule has 0 saturated carbocycles. The Labute approximate surface area is 148 Å². The van der Waals surface area contributed by atoms with Gasteiger partial charge in [-0.2, -0.15) is 0 Å². The first-order chi connectivity index (χ1) is 11.8. The summed E-state index contributed by atoms with van der Waals surface area (Å²) in [5.74, 6) is -0.246. The van der Waals surface area contributed by atoms with E-state index in [4.69, 9.17) is 4.74 Å². The maximum atomic E-state index is 12.6. The van der Waals surface area contributed by atoms with Crippen LogP contribution in [0.3, 0.4) is 0 Å². The minimum atomic E-state index is -4.36. The molecule has 0 saturated heterocycles. The molecule has 1 N–H and O–H groups in total. The van der Waals surface area contributed by atoms with E-state index < -0.39 is 22.0 Å². The predicted octanol–water partition coefficient (Wildman–Crippen LogP) is 2.09. The minimum absolute atomic E-state index is 0.0900. The number of hydrogen-bond acceptors (Lipinski definition) is 7. The van der Waals surface area contributed by atoms with E-state index in [-0.39, 0.29) is 18.5 Å². The van der Waals surface area contributed by atoms with Gasteiger partial charge in [0, 0.05) is 25.9 Å². The normalized spacial score (nSPS) is 13.2. The van der Waals surface area contributed by atoms with Crippen molar-refractivity contribution < 1.29 is 22.8 Å². The molecule has 132 valence electrons. The van der Waals surface area contributed by atoms with E-state index in [9.17, 15) is 22.9 Å². The summed E-state index contributed by atoms with van der Waals surface area (Å²) in [6.45, 7) is -0.160. The highest BCUT2D eigenvalue weighted by Crippen LogP contribution is 2.27. The molecule has 1 aromatic heterocycles. The Hall–Kier alpha value is -2.00. The quantitative estimate of drug-likeness (QED) is 0.519. The molecule has 0 aliphatic rings. The Balaban J connectivity index is 1.80. The second-order valence-corrected chi connectivity index (χ2v) is 8.21. The van der Waals surface area contributed by atoms with E-state index in [1.807, 2.05) is 18.2 Å². The van der Waals surface area contributed by atoms with Crippen molar-refractivity contribution in [3.8, 4) is 5.75 Å². The minimum Gasteiger partial charge on any atom is -0.748 e. The van der Waals surface area contributed by atoms with Crippen LogP contribution < -0.4 is 10.2 Å². The molecule has 0 aliphatic carbocycles. The molecule has 1 heterocycles. The van der Waals surface area contributed by atoms with Crippen LogP contribution in [0, 0.1) is 0 Å². The average Bonchev–Trinajstić information content (AvgIpc) is 2.58. The van der Waals surface area contributed by atoms with Gasteiger partial charge in [-0.3, -0.25) is 4.79 Å². The SMILES string of the molecule is O=c1c2ccccc2sc2ccc(OCC(O)CCS(=O)(=O)[O-])cc12. The highest BCUT2D eigenvalue weighted by atomic mass is 32.2. The first kappa shape index (κ1) is 17.8. The van der Waals surface area contributed by atoms with Crippen molar-refractivity contribution in [2.24, 2.45) is 0 Å². The van der Waals surface area contributed by atoms with Crippen LogP contribution in [-0.4, -0.2) is 36.5 Å². The molecule has 0 bridgehead atoms. The molecule has 25 heavy (non-hydrogen) atoms. The van der Waals surface area contributed by atoms with E-state index in [0.29, 0.717) is 16.5 Å². The van der Waals surface area contributed by atoms with Crippen molar-refractivity contribution in [1.29, 1.82) is 0 Å². The van der Waals surface area contributed by atoms with Gasteiger partial charge in [-0.15, -0.1) is 11.3 Å². The molecule has 3 aromatic rings. The summed E-state index contributed by atoms with van der Waals surface area (Å²) >= 11 is 1.50. The number of aliphatic hydroxyl groups is 1. The first-order valence-electron chi connectivity index (χ1n) is 7.53. The second kappa shape index (κ2) is 7.09. The third kappa shape index (κ3) is 4.35. The molecule has 0 radical (unpaired) electrons.